The second-order valence-electron chi connectivity index (χ2n) is 4.05. The zero-order valence-corrected chi connectivity index (χ0v) is 6.89. The van der Waals surface area contributed by atoms with E-state index in [2.05, 4.69) is 0 Å². The van der Waals surface area contributed by atoms with Crippen LogP contribution >= 0.6 is 0 Å². The van der Waals surface area contributed by atoms with Crippen LogP contribution in [0.25, 0.3) is 0 Å². The van der Waals surface area contributed by atoms with E-state index in [1.807, 2.05) is 13.8 Å². The van der Waals surface area contributed by atoms with E-state index in [4.69, 9.17) is 0 Å². The Bertz CT molecular complexity index is 138. The van der Waals surface area contributed by atoms with Gasteiger partial charge in [0.25, 0.3) is 0 Å². The number of aliphatic hydroxyl groups excluding tert-OH is 1. The first-order valence-electron chi connectivity index (χ1n) is 3.78. The SMILES string of the molecule is CC1(O)CCC(O)C1(C)C. The van der Waals surface area contributed by atoms with Crippen LogP contribution in [0.15, 0.2) is 0 Å². The summed E-state index contributed by atoms with van der Waals surface area (Å²) < 4.78 is 0. The molecule has 0 amide bonds. The summed E-state index contributed by atoms with van der Waals surface area (Å²) in [6.07, 6.45) is 1.09. The molecule has 0 aliphatic heterocycles. The van der Waals surface area contributed by atoms with Crippen LogP contribution in [-0.4, -0.2) is 21.9 Å². The van der Waals surface area contributed by atoms with Crippen LogP contribution in [0.1, 0.15) is 33.6 Å². The molecule has 2 heteroatoms. The van der Waals surface area contributed by atoms with Crippen molar-refractivity contribution in [3.63, 3.8) is 0 Å². The van der Waals surface area contributed by atoms with Crippen molar-refractivity contribution in [3.05, 3.63) is 0 Å². The Labute approximate surface area is 61.9 Å². The number of aliphatic hydroxyl groups is 2. The zero-order valence-electron chi connectivity index (χ0n) is 6.89. The first kappa shape index (κ1) is 8.02. The topological polar surface area (TPSA) is 40.5 Å². The smallest absolute Gasteiger partial charge is 0.0696 e. The Morgan fingerprint density at radius 1 is 1.30 bits per heavy atom. The third-order valence-corrected chi connectivity index (χ3v) is 3.13. The number of hydrogen-bond donors (Lipinski definition) is 2. The maximum Gasteiger partial charge on any atom is 0.0696 e. The fourth-order valence-corrected chi connectivity index (χ4v) is 1.46. The summed E-state index contributed by atoms with van der Waals surface area (Å²) in [6, 6.07) is 0. The lowest BCUT2D eigenvalue weighted by Gasteiger charge is -2.35. The quantitative estimate of drug-likeness (QED) is 0.530. The van der Waals surface area contributed by atoms with Crippen LogP contribution in [-0.2, 0) is 0 Å². The normalized spacial score (nSPS) is 45.9. The molecule has 1 aliphatic carbocycles. The van der Waals surface area contributed by atoms with Crippen LogP contribution in [0.5, 0.6) is 0 Å². The Hall–Kier alpha value is -0.0800. The molecule has 60 valence electrons. The largest absolute Gasteiger partial charge is 0.392 e. The minimum absolute atomic E-state index is 0.340. The maximum absolute atomic E-state index is 9.73. The van der Waals surface area contributed by atoms with Crippen molar-refractivity contribution in [2.45, 2.75) is 45.3 Å². The highest BCUT2D eigenvalue weighted by Gasteiger charge is 2.49. The van der Waals surface area contributed by atoms with Gasteiger partial charge in [0.1, 0.15) is 0 Å². The molecule has 2 nitrogen and oxygen atoms in total. The highest BCUT2D eigenvalue weighted by Crippen LogP contribution is 2.45. The maximum atomic E-state index is 9.73. The number of rotatable bonds is 0. The average Bonchev–Trinajstić information content (AvgIpc) is 1.94. The van der Waals surface area contributed by atoms with E-state index in [1.54, 1.807) is 6.92 Å². The third-order valence-electron chi connectivity index (χ3n) is 3.13. The molecule has 0 bridgehead atoms. The molecule has 2 N–H and O–H groups in total. The van der Waals surface area contributed by atoms with Gasteiger partial charge in [-0.25, -0.2) is 0 Å². The molecule has 0 aromatic heterocycles. The van der Waals surface area contributed by atoms with E-state index in [9.17, 15) is 10.2 Å². The Kier molecular flexibility index (Phi) is 1.57. The predicted octanol–water partition coefficient (Wildman–Crippen LogP) is 0.918. The Balaban J connectivity index is 2.84. The molecule has 0 spiro atoms. The standard InChI is InChI=1S/C8H16O2/c1-7(2)6(9)4-5-8(7,3)10/h6,9-10H,4-5H2,1-3H3. The second kappa shape index (κ2) is 1.95. The van der Waals surface area contributed by atoms with E-state index < -0.39 is 5.60 Å². The minimum Gasteiger partial charge on any atom is -0.392 e. The minimum atomic E-state index is -0.688. The van der Waals surface area contributed by atoms with Gasteiger partial charge in [-0.15, -0.1) is 0 Å². The van der Waals surface area contributed by atoms with Crippen molar-refractivity contribution in [1.82, 2.24) is 0 Å². The summed E-state index contributed by atoms with van der Waals surface area (Å²) in [5, 5.41) is 19.2. The lowest BCUT2D eigenvalue weighted by atomic mass is 9.78. The zero-order chi connectivity index (χ0) is 7.99. The second-order valence-corrected chi connectivity index (χ2v) is 4.05. The van der Waals surface area contributed by atoms with E-state index in [1.165, 1.54) is 0 Å². The number of hydrogen-bond acceptors (Lipinski definition) is 2. The summed E-state index contributed by atoms with van der Waals surface area (Å²) in [4.78, 5) is 0. The van der Waals surface area contributed by atoms with Crippen molar-refractivity contribution >= 4 is 0 Å². The first-order chi connectivity index (χ1) is 4.38. The van der Waals surface area contributed by atoms with Gasteiger partial charge in [0.2, 0.25) is 0 Å². The van der Waals surface area contributed by atoms with Gasteiger partial charge in [0.15, 0.2) is 0 Å². The van der Waals surface area contributed by atoms with Gasteiger partial charge in [-0.3, -0.25) is 0 Å². The summed E-state index contributed by atoms with van der Waals surface area (Å²) in [7, 11) is 0. The molecular weight excluding hydrogens is 128 g/mol. The van der Waals surface area contributed by atoms with Crippen molar-refractivity contribution in [3.8, 4) is 0 Å². The fraction of sp³-hybridized carbons (Fsp3) is 1.00. The highest BCUT2D eigenvalue weighted by atomic mass is 16.3. The molecule has 10 heavy (non-hydrogen) atoms. The van der Waals surface area contributed by atoms with E-state index in [0.717, 1.165) is 6.42 Å². The molecule has 0 heterocycles. The van der Waals surface area contributed by atoms with Gasteiger partial charge in [0.05, 0.1) is 11.7 Å². The molecular formula is C8H16O2. The monoisotopic (exact) mass is 144 g/mol. The van der Waals surface area contributed by atoms with Crippen LogP contribution in [0.4, 0.5) is 0 Å². The molecule has 1 saturated carbocycles. The van der Waals surface area contributed by atoms with Crippen LogP contribution in [0.2, 0.25) is 0 Å². The van der Waals surface area contributed by atoms with Gasteiger partial charge in [-0.2, -0.15) is 0 Å². The van der Waals surface area contributed by atoms with Crippen LogP contribution < -0.4 is 0 Å². The predicted molar refractivity (Wildman–Crippen MR) is 39.6 cm³/mol. The van der Waals surface area contributed by atoms with E-state index in [0.29, 0.717) is 6.42 Å². The molecule has 0 aromatic carbocycles. The fourth-order valence-electron chi connectivity index (χ4n) is 1.46. The third kappa shape index (κ3) is 0.867. The van der Waals surface area contributed by atoms with Gasteiger partial charge >= 0.3 is 0 Å². The molecule has 1 fully saturated rings. The Morgan fingerprint density at radius 3 is 1.90 bits per heavy atom. The van der Waals surface area contributed by atoms with Crippen molar-refractivity contribution in [2.75, 3.05) is 0 Å². The van der Waals surface area contributed by atoms with E-state index >= 15 is 0 Å². The van der Waals surface area contributed by atoms with Crippen molar-refractivity contribution in [1.29, 1.82) is 0 Å². The molecule has 0 aromatic rings. The lowest BCUT2D eigenvalue weighted by Crippen LogP contribution is -2.42. The summed E-state index contributed by atoms with van der Waals surface area (Å²) in [6.45, 7) is 5.61. The summed E-state index contributed by atoms with van der Waals surface area (Å²) in [5.74, 6) is 0. The molecule has 2 atom stereocenters. The molecule has 1 aliphatic rings. The highest BCUT2D eigenvalue weighted by molar-refractivity contribution is 5.00. The molecule has 0 radical (unpaired) electrons. The van der Waals surface area contributed by atoms with Gasteiger partial charge in [-0.05, 0) is 19.8 Å². The summed E-state index contributed by atoms with van der Waals surface area (Å²) in [5.41, 5.74) is -1.03. The first-order valence-corrected chi connectivity index (χ1v) is 3.78. The molecule has 2 unspecified atom stereocenters. The van der Waals surface area contributed by atoms with E-state index in [-0.39, 0.29) is 11.5 Å². The van der Waals surface area contributed by atoms with Gasteiger partial charge in [0, 0.05) is 5.41 Å². The Morgan fingerprint density at radius 2 is 1.80 bits per heavy atom. The van der Waals surface area contributed by atoms with Crippen molar-refractivity contribution < 1.29 is 10.2 Å². The van der Waals surface area contributed by atoms with Crippen molar-refractivity contribution in [2.24, 2.45) is 5.41 Å². The summed E-state index contributed by atoms with van der Waals surface area (Å²) >= 11 is 0. The van der Waals surface area contributed by atoms with Crippen LogP contribution in [0, 0.1) is 5.41 Å². The molecule has 1 rings (SSSR count). The molecule has 0 saturated heterocycles. The van der Waals surface area contributed by atoms with Crippen LogP contribution in [0.3, 0.4) is 0 Å². The van der Waals surface area contributed by atoms with Gasteiger partial charge in [-0.1, -0.05) is 13.8 Å². The lowest BCUT2D eigenvalue weighted by molar-refractivity contribution is -0.0673. The van der Waals surface area contributed by atoms with Gasteiger partial charge < -0.3 is 10.2 Å². The average molecular weight is 144 g/mol.